The molecule has 0 fully saturated rings. The average Bonchev–Trinajstić information content (AvgIpc) is 2.92. The molecule has 17 heavy (non-hydrogen) atoms. The molecular formula is C13H14N2S2. The molecule has 4 heteroatoms. The van der Waals surface area contributed by atoms with Crippen LogP contribution in [0, 0.1) is 0 Å². The van der Waals surface area contributed by atoms with Gasteiger partial charge in [-0.2, -0.15) is 0 Å². The SMILES string of the molecule is CNC1(c2nccs2)CCSc2ccccc21. The first-order valence-electron chi connectivity index (χ1n) is 5.68. The average molecular weight is 262 g/mol. The van der Waals surface area contributed by atoms with Gasteiger partial charge in [-0.3, -0.25) is 0 Å². The minimum atomic E-state index is -0.0873. The first-order valence-corrected chi connectivity index (χ1v) is 7.54. The Balaban J connectivity index is 2.19. The van der Waals surface area contributed by atoms with Crippen molar-refractivity contribution < 1.29 is 0 Å². The Hall–Kier alpha value is -0.840. The van der Waals surface area contributed by atoms with Gasteiger partial charge in [0, 0.05) is 22.2 Å². The molecule has 0 saturated carbocycles. The van der Waals surface area contributed by atoms with Gasteiger partial charge in [-0.15, -0.1) is 23.1 Å². The molecule has 0 radical (unpaired) electrons. The number of aromatic nitrogens is 1. The van der Waals surface area contributed by atoms with Crippen LogP contribution in [0.4, 0.5) is 0 Å². The van der Waals surface area contributed by atoms with Gasteiger partial charge in [-0.1, -0.05) is 18.2 Å². The first kappa shape index (κ1) is 11.3. The zero-order valence-electron chi connectivity index (χ0n) is 9.64. The predicted octanol–water partition coefficient (Wildman–Crippen LogP) is 3.10. The van der Waals surface area contributed by atoms with E-state index >= 15 is 0 Å². The van der Waals surface area contributed by atoms with Crippen molar-refractivity contribution in [2.24, 2.45) is 0 Å². The molecule has 1 atom stereocenters. The van der Waals surface area contributed by atoms with E-state index in [1.807, 2.05) is 25.0 Å². The van der Waals surface area contributed by atoms with Gasteiger partial charge in [-0.05, 0) is 25.1 Å². The summed E-state index contributed by atoms with van der Waals surface area (Å²) in [5.74, 6) is 1.14. The highest BCUT2D eigenvalue weighted by molar-refractivity contribution is 7.99. The molecule has 1 aliphatic rings. The van der Waals surface area contributed by atoms with Crippen molar-refractivity contribution in [3.8, 4) is 0 Å². The van der Waals surface area contributed by atoms with Crippen molar-refractivity contribution in [3.63, 3.8) is 0 Å². The summed E-state index contributed by atoms with van der Waals surface area (Å²) in [5.41, 5.74) is 1.28. The highest BCUT2D eigenvalue weighted by Gasteiger charge is 2.39. The number of nitrogens with one attached hydrogen (secondary N) is 1. The third-order valence-electron chi connectivity index (χ3n) is 3.31. The fraction of sp³-hybridized carbons (Fsp3) is 0.308. The normalized spacial score (nSPS) is 23.4. The fourth-order valence-corrected chi connectivity index (χ4v) is 4.51. The van der Waals surface area contributed by atoms with Crippen LogP contribution in [-0.4, -0.2) is 17.8 Å². The maximum atomic E-state index is 4.53. The van der Waals surface area contributed by atoms with E-state index in [-0.39, 0.29) is 5.54 Å². The van der Waals surface area contributed by atoms with E-state index in [1.165, 1.54) is 15.5 Å². The Morgan fingerprint density at radius 2 is 2.24 bits per heavy atom. The molecule has 2 nitrogen and oxygen atoms in total. The summed E-state index contributed by atoms with van der Waals surface area (Å²) in [5, 5.41) is 6.74. The quantitative estimate of drug-likeness (QED) is 0.900. The lowest BCUT2D eigenvalue weighted by Crippen LogP contribution is -2.43. The number of hydrogen-bond acceptors (Lipinski definition) is 4. The molecule has 1 aromatic carbocycles. The summed E-state index contributed by atoms with van der Waals surface area (Å²) in [6.45, 7) is 0. The monoisotopic (exact) mass is 262 g/mol. The van der Waals surface area contributed by atoms with Gasteiger partial charge >= 0.3 is 0 Å². The van der Waals surface area contributed by atoms with Crippen LogP contribution in [0.1, 0.15) is 17.0 Å². The summed E-state index contributed by atoms with van der Waals surface area (Å²) in [7, 11) is 2.04. The van der Waals surface area contributed by atoms with Gasteiger partial charge < -0.3 is 5.32 Å². The molecule has 3 rings (SSSR count). The number of fused-ring (bicyclic) bond motifs is 1. The Morgan fingerprint density at radius 1 is 1.35 bits per heavy atom. The van der Waals surface area contributed by atoms with Crippen LogP contribution in [0.25, 0.3) is 0 Å². The maximum absolute atomic E-state index is 4.53. The van der Waals surface area contributed by atoms with Gasteiger partial charge in [0.1, 0.15) is 5.01 Å². The number of nitrogens with zero attached hydrogens (tertiary/aromatic N) is 1. The number of hydrogen-bond donors (Lipinski definition) is 1. The third kappa shape index (κ3) is 1.71. The molecule has 0 amide bonds. The van der Waals surface area contributed by atoms with E-state index < -0.39 is 0 Å². The van der Waals surface area contributed by atoms with Crippen LogP contribution in [0.2, 0.25) is 0 Å². The van der Waals surface area contributed by atoms with Crippen molar-refractivity contribution >= 4 is 23.1 Å². The second kappa shape index (κ2) is 4.44. The van der Waals surface area contributed by atoms with E-state index in [4.69, 9.17) is 0 Å². The second-order valence-corrected chi connectivity index (χ2v) is 6.12. The zero-order valence-corrected chi connectivity index (χ0v) is 11.3. The van der Waals surface area contributed by atoms with Crippen LogP contribution in [0.3, 0.4) is 0 Å². The van der Waals surface area contributed by atoms with Crippen LogP contribution >= 0.6 is 23.1 Å². The summed E-state index contributed by atoms with van der Waals surface area (Å²) in [6, 6.07) is 8.65. The topological polar surface area (TPSA) is 24.9 Å². The molecule has 2 aromatic rings. The minimum Gasteiger partial charge on any atom is -0.305 e. The zero-order chi connectivity index (χ0) is 11.7. The largest absolute Gasteiger partial charge is 0.305 e. The molecule has 1 aliphatic heterocycles. The molecule has 0 bridgehead atoms. The Morgan fingerprint density at radius 3 is 3.00 bits per heavy atom. The van der Waals surface area contributed by atoms with E-state index in [9.17, 15) is 0 Å². The number of benzene rings is 1. The van der Waals surface area contributed by atoms with Gasteiger partial charge in [0.15, 0.2) is 0 Å². The van der Waals surface area contributed by atoms with Gasteiger partial charge in [0.2, 0.25) is 0 Å². The van der Waals surface area contributed by atoms with E-state index in [2.05, 4.69) is 39.9 Å². The molecule has 1 N–H and O–H groups in total. The van der Waals surface area contributed by atoms with E-state index in [0.717, 1.165) is 12.2 Å². The van der Waals surface area contributed by atoms with Crippen LogP contribution in [-0.2, 0) is 5.54 Å². The van der Waals surface area contributed by atoms with Crippen molar-refractivity contribution in [1.82, 2.24) is 10.3 Å². The minimum absolute atomic E-state index is 0.0873. The molecule has 0 saturated heterocycles. The maximum Gasteiger partial charge on any atom is 0.117 e. The van der Waals surface area contributed by atoms with E-state index in [1.54, 1.807) is 11.3 Å². The highest BCUT2D eigenvalue weighted by atomic mass is 32.2. The van der Waals surface area contributed by atoms with Crippen LogP contribution < -0.4 is 5.32 Å². The Labute approximate surface area is 109 Å². The molecule has 1 unspecified atom stereocenters. The first-order chi connectivity index (χ1) is 8.37. The summed E-state index contributed by atoms with van der Waals surface area (Å²) >= 11 is 3.67. The third-order valence-corrected chi connectivity index (χ3v) is 5.32. The lowest BCUT2D eigenvalue weighted by molar-refractivity contribution is 0.412. The van der Waals surface area contributed by atoms with Crippen LogP contribution in [0.15, 0.2) is 40.7 Å². The van der Waals surface area contributed by atoms with Gasteiger partial charge in [0.25, 0.3) is 0 Å². The highest BCUT2D eigenvalue weighted by Crippen LogP contribution is 2.44. The summed E-state index contributed by atoms with van der Waals surface area (Å²) in [4.78, 5) is 5.91. The molecule has 1 aromatic heterocycles. The van der Waals surface area contributed by atoms with Crippen molar-refractivity contribution in [3.05, 3.63) is 46.4 Å². The number of rotatable bonds is 2. The predicted molar refractivity (Wildman–Crippen MR) is 73.7 cm³/mol. The number of thioether (sulfide) groups is 1. The summed E-state index contributed by atoms with van der Waals surface area (Å²) in [6.07, 6.45) is 2.99. The smallest absolute Gasteiger partial charge is 0.117 e. The number of thiazole rings is 1. The van der Waals surface area contributed by atoms with Crippen LogP contribution in [0.5, 0.6) is 0 Å². The molecular weight excluding hydrogens is 248 g/mol. The molecule has 0 spiro atoms. The Kier molecular flexibility index (Phi) is 2.94. The molecule has 88 valence electrons. The van der Waals surface area contributed by atoms with Crippen molar-refractivity contribution in [2.75, 3.05) is 12.8 Å². The van der Waals surface area contributed by atoms with Gasteiger partial charge in [0.05, 0.1) is 5.54 Å². The van der Waals surface area contributed by atoms with Crippen molar-refractivity contribution in [2.45, 2.75) is 16.9 Å². The van der Waals surface area contributed by atoms with E-state index in [0.29, 0.717) is 0 Å². The molecule has 0 aliphatic carbocycles. The fourth-order valence-electron chi connectivity index (χ4n) is 2.42. The second-order valence-electron chi connectivity index (χ2n) is 4.09. The Bertz CT molecular complexity index is 510. The van der Waals surface area contributed by atoms with Gasteiger partial charge in [-0.25, -0.2) is 4.98 Å². The van der Waals surface area contributed by atoms with Crippen molar-refractivity contribution in [1.29, 1.82) is 0 Å². The lowest BCUT2D eigenvalue weighted by atomic mass is 9.87. The summed E-state index contributed by atoms with van der Waals surface area (Å²) < 4.78 is 0. The standard InChI is InChI=1S/C13H14N2S2/c1-14-13(12-15-7-9-17-12)6-8-16-11-5-3-2-4-10(11)13/h2-5,7,9,14H,6,8H2,1H3. The lowest BCUT2D eigenvalue weighted by Gasteiger charge is -2.37. The molecule has 2 heterocycles.